The summed E-state index contributed by atoms with van der Waals surface area (Å²) in [5.41, 5.74) is 8.17. The van der Waals surface area contributed by atoms with Gasteiger partial charge in [-0.1, -0.05) is 84.4 Å². The van der Waals surface area contributed by atoms with Crippen LogP contribution in [-0.2, 0) is 37.6 Å². The smallest absolute Gasteiger partial charge is 0.410 e. The average Bonchev–Trinajstić information content (AvgIpc) is 3.42. The Morgan fingerprint density at radius 1 is 0.698 bits per heavy atom. The number of piperidine rings is 2. The first-order valence-electron chi connectivity index (χ1n) is 22.2. The first kappa shape index (κ1) is 47.3. The molecule has 3 heterocycles. The zero-order chi connectivity index (χ0) is 45.9. The van der Waals surface area contributed by atoms with Crippen molar-refractivity contribution in [2.24, 2.45) is 5.92 Å². The third-order valence-electron chi connectivity index (χ3n) is 12.0. The molecule has 10 nitrogen and oxygen atoms in total. The molecule has 3 aliphatic rings. The predicted molar refractivity (Wildman–Crippen MR) is 254 cm³/mol. The van der Waals surface area contributed by atoms with Crippen molar-refractivity contribution in [3.63, 3.8) is 0 Å². The van der Waals surface area contributed by atoms with Gasteiger partial charge in [-0.05, 0) is 150 Å². The summed E-state index contributed by atoms with van der Waals surface area (Å²) in [4.78, 5) is 60.0. The zero-order valence-corrected chi connectivity index (χ0v) is 40.4. The number of likely N-dealkylation sites (tertiary alicyclic amines) is 2. The van der Waals surface area contributed by atoms with E-state index in [0.717, 1.165) is 49.2 Å². The Kier molecular flexibility index (Phi) is 14.5. The number of amides is 4. The van der Waals surface area contributed by atoms with Gasteiger partial charge in [0.1, 0.15) is 11.2 Å². The summed E-state index contributed by atoms with van der Waals surface area (Å²) in [6.07, 6.45) is 1.90. The summed E-state index contributed by atoms with van der Waals surface area (Å²) in [6, 6.07) is 28.7. The lowest BCUT2D eigenvalue weighted by Crippen LogP contribution is -2.50. The van der Waals surface area contributed by atoms with Crippen LogP contribution in [0.2, 0.25) is 0 Å². The summed E-state index contributed by atoms with van der Waals surface area (Å²) >= 11 is 3.70. The van der Waals surface area contributed by atoms with E-state index < -0.39 is 16.6 Å². The van der Waals surface area contributed by atoms with Crippen molar-refractivity contribution in [2.75, 3.05) is 36.0 Å². The number of carbonyl (C=O) groups is 4. The Hall–Kier alpha value is -5.16. The molecule has 4 aromatic rings. The number of hydrogen-bond donors (Lipinski definition) is 0. The summed E-state index contributed by atoms with van der Waals surface area (Å²) in [5, 5.41) is 0. The average molecular weight is 922 g/mol. The molecule has 4 amide bonds. The van der Waals surface area contributed by atoms with Gasteiger partial charge in [0.15, 0.2) is 0 Å². The Morgan fingerprint density at radius 3 is 1.71 bits per heavy atom. The number of halogens is 1. The molecule has 11 heteroatoms. The summed E-state index contributed by atoms with van der Waals surface area (Å²) in [5.74, 6) is 0.124. The van der Waals surface area contributed by atoms with E-state index >= 15 is 0 Å². The van der Waals surface area contributed by atoms with E-state index in [1.165, 1.54) is 5.56 Å². The maximum Gasteiger partial charge on any atom is 0.410 e. The van der Waals surface area contributed by atoms with Gasteiger partial charge in [-0.2, -0.15) is 0 Å². The van der Waals surface area contributed by atoms with Crippen LogP contribution in [0.25, 0.3) is 0 Å². The molecule has 0 saturated carbocycles. The number of hydrogen-bond acceptors (Lipinski definition) is 6. The number of nitrogens with zero attached hydrogens (tertiary/aromatic N) is 4. The normalized spacial score (nSPS) is 16.3. The highest BCUT2D eigenvalue weighted by molar-refractivity contribution is 9.10. The van der Waals surface area contributed by atoms with E-state index in [2.05, 4.69) is 73.1 Å². The summed E-state index contributed by atoms with van der Waals surface area (Å²) in [7, 11) is 0. The molecule has 7 rings (SSSR count). The fraction of sp³-hybridized carbons (Fsp3) is 0.462. The molecule has 0 aliphatic carbocycles. The fourth-order valence-electron chi connectivity index (χ4n) is 9.09. The molecule has 4 aromatic carbocycles. The van der Waals surface area contributed by atoms with Gasteiger partial charge in [0, 0.05) is 36.6 Å². The molecule has 0 N–H and O–H groups in total. The van der Waals surface area contributed by atoms with Gasteiger partial charge in [-0.25, -0.2) is 9.59 Å². The van der Waals surface area contributed by atoms with Crippen LogP contribution in [-0.4, -0.2) is 71.2 Å². The molecule has 0 radical (unpaired) electrons. The second-order valence-corrected chi connectivity index (χ2v) is 20.3. The van der Waals surface area contributed by atoms with Gasteiger partial charge in [0.25, 0.3) is 0 Å². The molecular weight excluding hydrogens is 856 g/mol. The Morgan fingerprint density at radius 2 is 1.19 bits per heavy atom. The van der Waals surface area contributed by atoms with Crippen molar-refractivity contribution in [3.05, 3.63) is 128 Å². The third-order valence-corrected chi connectivity index (χ3v) is 12.6. The van der Waals surface area contributed by atoms with Crippen molar-refractivity contribution in [1.82, 2.24) is 9.80 Å². The minimum atomic E-state index is -0.570. The first-order chi connectivity index (χ1) is 29.7. The Balaban J connectivity index is 0.000000210. The number of anilines is 2. The highest BCUT2D eigenvalue weighted by atomic mass is 79.9. The van der Waals surface area contributed by atoms with Crippen molar-refractivity contribution < 1.29 is 28.7 Å². The zero-order valence-electron chi connectivity index (χ0n) is 38.8. The van der Waals surface area contributed by atoms with E-state index in [1.54, 1.807) is 9.80 Å². The number of carbonyl (C=O) groups excluding carboxylic acids is 4. The van der Waals surface area contributed by atoms with Crippen molar-refractivity contribution in [1.29, 1.82) is 0 Å². The number of rotatable bonds is 6. The number of aryl methyl sites for hydroxylation is 4. The van der Waals surface area contributed by atoms with Crippen LogP contribution in [0.1, 0.15) is 106 Å². The minimum absolute atomic E-state index is 0.102. The molecule has 3 aliphatic heterocycles. The molecule has 63 heavy (non-hydrogen) atoms. The van der Waals surface area contributed by atoms with Crippen LogP contribution in [0.5, 0.6) is 0 Å². The van der Waals surface area contributed by atoms with E-state index in [1.807, 2.05) is 107 Å². The topological polar surface area (TPSA) is 99.7 Å². The van der Waals surface area contributed by atoms with Gasteiger partial charge in [0.05, 0.1) is 29.9 Å². The lowest BCUT2D eigenvalue weighted by molar-refractivity contribution is -0.125. The van der Waals surface area contributed by atoms with E-state index in [4.69, 9.17) is 9.47 Å². The standard InChI is InChI=1S/C26H33BrN2O3.C26H32N2O3/c1-18-15-19(2)23(22(27)16-18)29(17-20-9-7-6-8-10-20)24(30)21-11-13-28(14-12-21)25(31)32-26(3,4)5;1-18-15-19(2)22-21(16-18)26(23(29)28(22)17-20-9-7-6-8-10-20)11-13-27(14-12-26)24(30)31-25(3,4)5/h6-10,15-16,21H,11-14,17H2,1-5H3;6-10,15-16H,11-14,17H2,1-5H3. The van der Waals surface area contributed by atoms with Crippen molar-refractivity contribution in [2.45, 2.75) is 125 Å². The first-order valence-corrected chi connectivity index (χ1v) is 23.0. The van der Waals surface area contributed by atoms with Crippen molar-refractivity contribution in [3.8, 4) is 0 Å². The highest BCUT2D eigenvalue weighted by Crippen LogP contribution is 2.50. The van der Waals surface area contributed by atoms with Gasteiger partial charge in [-0.3, -0.25) is 9.59 Å². The predicted octanol–water partition coefficient (Wildman–Crippen LogP) is 11.4. The lowest BCUT2D eigenvalue weighted by Gasteiger charge is -2.39. The van der Waals surface area contributed by atoms with Gasteiger partial charge < -0.3 is 29.1 Å². The van der Waals surface area contributed by atoms with Crippen LogP contribution in [0, 0.1) is 33.6 Å². The van der Waals surface area contributed by atoms with E-state index in [0.29, 0.717) is 65.0 Å². The number of fused-ring (bicyclic) bond motifs is 2. The second kappa shape index (κ2) is 19.3. The molecule has 336 valence electrons. The van der Waals surface area contributed by atoms with Crippen LogP contribution in [0.3, 0.4) is 0 Å². The summed E-state index contributed by atoms with van der Waals surface area (Å²) < 4.78 is 12.0. The molecule has 1 spiro atoms. The van der Waals surface area contributed by atoms with Crippen molar-refractivity contribution >= 4 is 51.3 Å². The Bertz CT molecular complexity index is 2260. The Labute approximate surface area is 383 Å². The van der Waals surface area contributed by atoms with E-state index in [-0.39, 0.29) is 29.9 Å². The van der Waals surface area contributed by atoms with Crippen LogP contribution in [0.4, 0.5) is 21.0 Å². The minimum Gasteiger partial charge on any atom is -0.444 e. The fourth-order valence-corrected chi connectivity index (χ4v) is 9.98. The third kappa shape index (κ3) is 11.3. The molecule has 0 bridgehead atoms. The maximum absolute atomic E-state index is 13.9. The molecule has 2 saturated heterocycles. The molecule has 0 unspecified atom stereocenters. The molecule has 0 aromatic heterocycles. The molecule has 2 fully saturated rings. The van der Waals surface area contributed by atoms with Crippen LogP contribution < -0.4 is 9.80 Å². The lowest BCUT2D eigenvalue weighted by atomic mass is 9.73. The monoisotopic (exact) mass is 920 g/mol. The molecular formula is C52H65BrN4O6. The maximum atomic E-state index is 13.9. The van der Waals surface area contributed by atoms with Gasteiger partial charge in [-0.15, -0.1) is 0 Å². The highest BCUT2D eigenvalue weighted by Gasteiger charge is 2.53. The SMILES string of the molecule is Cc1cc(C)c(N(Cc2ccccc2)C(=O)C2CCN(C(=O)OC(C)(C)C)CC2)c(Br)c1.Cc1cc(C)c2c(c1)C1(CCN(C(=O)OC(C)(C)C)CC1)C(=O)N2Cc1ccccc1. The number of ether oxygens (including phenoxy) is 2. The molecule has 0 atom stereocenters. The second-order valence-electron chi connectivity index (χ2n) is 19.5. The van der Waals surface area contributed by atoms with E-state index in [9.17, 15) is 19.2 Å². The van der Waals surface area contributed by atoms with Gasteiger partial charge in [0.2, 0.25) is 11.8 Å². The van der Waals surface area contributed by atoms with Gasteiger partial charge >= 0.3 is 12.2 Å². The van der Waals surface area contributed by atoms with Crippen LogP contribution in [0.15, 0.2) is 89.4 Å². The number of benzene rings is 4. The summed E-state index contributed by atoms with van der Waals surface area (Å²) in [6.45, 7) is 22.7. The quantitative estimate of drug-likeness (QED) is 0.191. The van der Waals surface area contributed by atoms with Crippen LogP contribution >= 0.6 is 15.9 Å². The largest absolute Gasteiger partial charge is 0.444 e.